The first-order chi connectivity index (χ1) is 12.0. The van der Waals surface area contributed by atoms with E-state index in [0.29, 0.717) is 19.3 Å². The summed E-state index contributed by atoms with van der Waals surface area (Å²) < 4.78 is 12.8. The van der Waals surface area contributed by atoms with E-state index in [1.54, 1.807) is 0 Å². The summed E-state index contributed by atoms with van der Waals surface area (Å²) in [4.78, 5) is 0. The third kappa shape index (κ3) is 6.21. The van der Waals surface area contributed by atoms with Crippen LogP contribution in [0.1, 0.15) is 38.3 Å². The van der Waals surface area contributed by atoms with Gasteiger partial charge in [0.05, 0.1) is 6.61 Å². The zero-order valence-electron chi connectivity index (χ0n) is 14.9. The lowest BCUT2D eigenvalue weighted by atomic mass is 10.1. The molecular formula is C20H25BrClNO2. The summed E-state index contributed by atoms with van der Waals surface area (Å²) in [5, 5.41) is 4.22. The highest BCUT2D eigenvalue weighted by atomic mass is 79.9. The van der Waals surface area contributed by atoms with Crippen LogP contribution in [0.2, 0.25) is 5.02 Å². The van der Waals surface area contributed by atoms with Crippen LogP contribution in [-0.4, -0.2) is 12.6 Å². The van der Waals surface area contributed by atoms with Gasteiger partial charge in [-0.3, -0.25) is 0 Å². The zero-order chi connectivity index (χ0) is 18.2. The van der Waals surface area contributed by atoms with Crippen LogP contribution in [0.15, 0.2) is 40.9 Å². The molecule has 0 amide bonds. The first-order valence-corrected chi connectivity index (χ1v) is 9.76. The van der Waals surface area contributed by atoms with Gasteiger partial charge < -0.3 is 14.8 Å². The van der Waals surface area contributed by atoms with Gasteiger partial charge in [-0.2, -0.15) is 0 Å². The van der Waals surface area contributed by atoms with E-state index >= 15 is 0 Å². The predicted octanol–water partition coefficient (Wildman–Crippen LogP) is 5.97. The molecule has 0 heterocycles. The van der Waals surface area contributed by atoms with Crippen molar-refractivity contribution in [1.29, 1.82) is 0 Å². The number of halogens is 2. The maximum atomic E-state index is 5.98. The minimum absolute atomic E-state index is 0.466. The molecule has 5 heteroatoms. The highest BCUT2D eigenvalue weighted by molar-refractivity contribution is 9.10. The lowest BCUT2D eigenvalue weighted by Gasteiger charge is -2.17. The van der Waals surface area contributed by atoms with Crippen molar-refractivity contribution in [2.45, 2.75) is 46.4 Å². The summed E-state index contributed by atoms with van der Waals surface area (Å²) in [5.41, 5.74) is 2.22. The van der Waals surface area contributed by atoms with Crippen molar-refractivity contribution >= 4 is 27.5 Å². The zero-order valence-corrected chi connectivity index (χ0v) is 17.3. The van der Waals surface area contributed by atoms with Crippen LogP contribution >= 0.6 is 27.5 Å². The van der Waals surface area contributed by atoms with Gasteiger partial charge in [-0.25, -0.2) is 0 Å². The highest BCUT2D eigenvalue weighted by Crippen LogP contribution is 2.34. The van der Waals surface area contributed by atoms with E-state index in [4.69, 9.17) is 21.1 Å². The minimum Gasteiger partial charge on any atom is -0.490 e. The molecule has 2 aromatic rings. The monoisotopic (exact) mass is 425 g/mol. The summed E-state index contributed by atoms with van der Waals surface area (Å²) in [6.07, 6.45) is 1.10. The molecular weight excluding hydrogens is 402 g/mol. The molecule has 0 saturated carbocycles. The average molecular weight is 427 g/mol. The molecule has 1 unspecified atom stereocenters. The van der Waals surface area contributed by atoms with Gasteiger partial charge in [0, 0.05) is 22.1 Å². The molecule has 0 spiro atoms. The van der Waals surface area contributed by atoms with Crippen LogP contribution in [0.5, 0.6) is 11.5 Å². The fraction of sp³-hybridized carbons (Fsp3) is 0.400. The maximum absolute atomic E-state index is 5.98. The van der Waals surface area contributed by atoms with E-state index < -0.39 is 0 Å². The molecule has 136 valence electrons. The molecule has 0 aromatic heterocycles. The van der Waals surface area contributed by atoms with Gasteiger partial charge in [-0.1, -0.05) is 46.6 Å². The summed E-state index contributed by atoms with van der Waals surface area (Å²) in [6, 6.07) is 12.1. The van der Waals surface area contributed by atoms with Gasteiger partial charge in [-0.15, -0.1) is 0 Å². The Hall–Kier alpha value is -1.23. The van der Waals surface area contributed by atoms with E-state index in [2.05, 4.69) is 35.1 Å². The third-order valence-corrected chi connectivity index (χ3v) is 4.96. The minimum atomic E-state index is 0.466. The number of rotatable bonds is 9. The molecule has 0 saturated heterocycles. The molecule has 0 bridgehead atoms. The molecule has 2 aromatic carbocycles. The Morgan fingerprint density at radius 3 is 2.40 bits per heavy atom. The Balaban J connectivity index is 2.13. The van der Waals surface area contributed by atoms with Crippen LogP contribution in [0, 0.1) is 0 Å². The first-order valence-electron chi connectivity index (χ1n) is 8.59. The number of ether oxygens (including phenoxy) is 2. The molecule has 1 N–H and O–H groups in total. The largest absolute Gasteiger partial charge is 0.490 e. The summed E-state index contributed by atoms with van der Waals surface area (Å²) >= 11 is 9.57. The Labute approximate surface area is 163 Å². The van der Waals surface area contributed by atoms with Crippen molar-refractivity contribution in [3.8, 4) is 11.5 Å². The SMILES string of the molecule is CCOc1cc(CNC(C)CC)c(Br)cc1OCc1ccc(Cl)cc1. The van der Waals surface area contributed by atoms with Crippen LogP contribution in [-0.2, 0) is 13.2 Å². The van der Waals surface area contributed by atoms with Crippen LogP contribution in [0.3, 0.4) is 0 Å². The van der Waals surface area contributed by atoms with Crippen molar-refractivity contribution in [2.24, 2.45) is 0 Å². The molecule has 0 aliphatic heterocycles. The van der Waals surface area contributed by atoms with E-state index in [1.165, 1.54) is 0 Å². The molecule has 1 atom stereocenters. The van der Waals surface area contributed by atoms with Gasteiger partial charge in [0.15, 0.2) is 11.5 Å². The second-order valence-electron chi connectivity index (χ2n) is 5.93. The standard InChI is InChI=1S/C20H25BrClNO2/c1-4-14(3)23-12-16-10-19(24-5-2)20(11-18(16)21)25-13-15-6-8-17(22)9-7-15/h6-11,14,23H,4-5,12-13H2,1-3H3. The van der Waals surface area contributed by atoms with Crippen molar-refractivity contribution in [3.63, 3.8) is 0 Å². The van der Waals surface area contributed by atoms with Gasteiger partial charge in [0.25, 0.3) is 0 Å². The quantitative estimate of drug-likeness (QED) is 0.536. The van der Waals surface area contributed by atoms with E-state index in [9.17, 15) is 0 Å². The molecule has 0 radical (unpaired) electrons. The topological polar surface area (TPSA) is 30.5 Å². The smallest absolute Gasteiger partial charge is 0.162 e. The number of hydrogen-bond acceptors (Lipinski definition) is 3. The normalized spacial score (nSPS) is 12.0. The van der Waals surface area contributed by atoms with E-state index in [0.717, 1.165) is 45.1 Å². The molecule has 0 aliphatic rings. The fourth-order valence-corrected chi connectivity index (χ4v) is 2.85. The molecule has 25 heavy (non-hydrogen) atoms. The first kappa shape index (κ1) is 20.1. The van der Waals surface area contributed by atoms with E-state index in [-0.39, 0.29) is 0 Å². The molecule has 2 rings (SSSR count). The Morgan fingerprint density at radius 1 is 1.08 bits per heavy atom. The van der Waals surface area contributed by atoms with Crippen LogP contribution in [0.25, 0.3) is 0 Å². The average Bonchev–Trinajstić information content (AvgIpc) is 2.61. The second kappa shape index (κ2) is 10.0. The van der Waals surface area contributed by atoms with Crippen molar-refractivity contribution in [2.75, 3.05) is 6.61 Å². The van der Waals surface area contributed by atoms with Gasteiger partial charge in [-0.05, 0) is 55.7 Å². The molecule has 3 nitrogen and oxygen atoms in total. The van der Waals surface area contributed by atoms with Crippen LogP contribution < -0.4 is 14.8 Å². The Morgan fingerprint density at radius 2 is 1.76 bits per heavy atom. The molecule has 0 fully saturated rings. The predicted molar refractivity (Wildman–Crippen MR) is 108 cm³/mol. The second-order valence-corrected chi connectivity index (χ2v) is 7.22. The lowest BCUT2D eigenvalue weighted by molar-refractivity contribution is 0.269. The summed E-state index contributed by atoms with van der Waals surface area (Å²) in [7, 11) is 0. The number of benzene rings is 2. The van der Waals surface area contributed by atoms with Gasteiger partial charge in [0.1, 0.15) is 6.61 Å². The number of nitrogens with one attached hydrogen (secondary N) is 1. The summed E-state index contributed by atoms with van der Waals surface area (Å²) in [5.74, 6) is 1.50. The maximum Gasteiger partial charge on any atom is 0.162 e. The Kier molecular flexibility index (Phi) is 8.07. The van der Waals surface area contributed by atoms with Gasteiger partial charge in [0.2, 0.25) is 0 Å². The van der Waals surface area contributed by atoms with E-state index in [1.807, 2.05) is 43.3 Å². The number of hydrogen-bond donors (Lipinski definition) is 1. The molecule has 0 aliphatic carbocycles. The fourth-order valence-electron chi connectivity index (χ4n) is 2.26. The summed E-state index contributed by atoms with van der Waals surface area (Å²) in [6.45, 7) is 8.17. The highest BCUT2D eigenvalue weighted by Gasteiger charge is 2.12. The van der Waals surface area contributed by atoms with Gasteiger partial charge >= 0.3 is 0 Å². The van der Waals surface area contributed by atoms with Crippen molar-refractivity contribution < 1.29 is 9.47 Å². The van der Waals surface area contributed by atoms with Crippen molar-refractivity contribution in [1.82, 2.24) is 5.32 Å². The van der Waals surface area contributed by atoms with Crippen LogP contribution in [0.4, 0.5) is 0 Å². The lowest BCUT2D eigenvalue weighted by Crippen LogP contribution is -2.24. The third-order valence-electron chi connectivity index (χ3n) is 3.97. The Bertz CT molecular complexity index is 676. The van der Waals surface area contributed by atoms with Crippen molar-refractivity contribution in [3.05, 3.63) is 57.0 Å².